The largest absolute Gasteiger partial charge is 0.506 e. The van der Waals surface area contributed by atoms with Gasteiger partial charge < -0.3 is 15.2 Å². The smallest absolute Gasteiger partial charge is 0.224 e. The number of amides is 1. The molecule has 0 saturated heterocycles. The predicted octanol–water partition coefficient (Wildman–Crippen LogP) is 7.55. The van der Waals surface area contributed by atoms with Crippen molar-refractivity contribution in [3.63, 3.8) is 0 Å². The molecule has 0 radical (unpaired) electrons. The van der Waals surface area contributed by atoms with Gasteiger partial charge in [0.05, 0.1) is 11.7 Å². The first-order valence-electron chi connectivity index (χ1n) is 12.4. The van der Waals surface area contributed by atoms with Gasteiger partial charge in [0.15, 0.2) is 5.78 Å². The lowest BCUT2D eigenvalue weighted by Crippen LogP contribution is -2.38. The van der Waals surface area contributed by atoms with Gasteiger partial charge in [-0.2, -0.15) is 0 Å². The SMILES string of the molecule is CC(=O)N1c2cccc(O)c2NC2=C(C(=O)CC(C)(C)C2)C1c1ccc(OCc2ccccc2Br)cc1Cl. The molecule has 1 amide bonds. The van der Waals surface area contributed by atoms with Crippen LogP contribution in [0.2, 0.25) is 5.02 Å². The maximum absolute atomic E-state index is 13.7. The molecule has 0 bridgehead atoms. The second kappa shape index (κ2) is 10.1. The number of hydrogen-bond donors (Lipinski definition) is 2. The maximum atomic E-state index is 13.7. The van der Waals surface area contributed by atoms with E-state index < -0.39 is 6.04 Å². The van der Waals surface area contributed by atoms with E-state index in [0.29, 0.717) is 58.4 Å². The molecule has 1 aliphatic carbocycles. The highest BCUT2D eigenvalue weighted by Crippen LogP contribution is 2.51. The van der Waals surface area contributed by atoms with Crippen LogP contribution in [0.25, 0.3) is 0 Å². The normalized spacial score (nSPS) is 18.3. The zero-order chi connectivity index (χ0) is 27.2. The minimum Gasteiger partial charge on any atom is -0.506 e. The summed E-state index contributed by atoms with van der Waals surface area (Å²) in [7, 11) is 0. The number of carbonyl (C=O) groups excluding carboxylic acids is 2. The number of allylic oxidation sites excluding steroid dienone is 1. The average Bonchev–Trinajstić information content (AvgIpc) is 2.98. The molecule has 196 valence electrons. The second-order valence-corrected chi connectivity index (χ2v) is 11.7. The average molecular weight is 596 g/mol. The molecule has 0 saturated carbocycles. The van der Waals surface area contributed by atoms with Gasteiger partial charge >= 0.3 is 0 Å². The van der Waals surface area contributed by atoms with Crippen molar-refractivity contribution in [1.29, 1.82) is 0 Å². The van der Waals surface area contributed by atoms with Gasteiger partial charge in [-0.1, -0.05) is 71.7 Å². The number of nitrogens with zero attached hydrogens (tertiary/aromatic N) is 1. The minimum absolute atomic E-state index is 0.000929. The first-order chi connectivity index (χ1) is 18.1. The van der Waals surface area contributed by atoms with E-state index in [0.717, 1.165) is 10.0 Å². The molecular formula is C30H28BrClN2O4. The van der Waals surface area contributed by atoms with Crippen LogP contribution in [0.4, 0.5) is 11.4 Å². The van der Waals surface area contributed by atoms with Crippen molar-refractivity contribution in [1.82, 2.24) is 0 Å². The van der Waals surface area contributed by atoms with E-state index in [1.807, 2.05) is 44.2 Å². The highest BCUT2D eigenvalue weighted by molar-refractivity contribution is 9.10. The molecule has 0 fully saturated rings. The maximum Gasteiger partial charge on any atom is 0.224 e. The van der Waals surface area contributed by atoms with Crippen LogP contribution >= 0.6 is 27.5 Å². The molecule has 0 spiro atoms. The number of phenols is 1. The van der Waals surface area contributed by atoms with Gasteiger partial charge in [0.25, 0.3) is 0 Å². The van der Waals surface area contributed by atoms with Crippen LogP contribution in [0.15, 0.2) is 76.4 Å². The van der Waals surface area contributed by atoms with Gasteiger partial charge in [-0.25, -0.2) is 0 Å². The summed E-state index contributed by atoms with van der Waals surface area (Å²) < 4.78 is 6.95. The number of carbonyl (C=O) groups is 2. The first kappa shape index (κ1) is 26.3. The van der Waals surface area contributed by atoms with Crippen molar-refractivity contribution in [3.8, 4) is 11.5 Å². The molecule has 1 unspecified atom stereocenters. The molecule has 0 aromatic heterocycles. The van der Waals surface area contributed by atoms with Crippen LogP contribution in [0.1, 0.15) is 50.8 Å². The van der Waals surface area contributed by atoms with E-state index in [-0.39, 0.29) is 22.9 Å². The molecule has 1 heterocycles. The molecule has 2 N–H and O–H groups in total. The van der Waals surface area contributed by atoms with Crippen molar-refractivity contribution in [3.05, 3.63) is 92.6 Å². The van der Waals surface area contributed by atoms with E-state index in [4.69, 9.17) is 16.3 Å². The Hall–Kier alpha value is -3.29. The lowest BCUT2D eigenvalue weighted by molar-refractivity contribution is -0.118. The highest BCUT2D eigenvalue weighted by Gasteiger charge is 2.43. The van der Waals surface area contributed by atoms with Crippen molar-refractivity contribution < 1.29 is 19.4 Å². The van der Waals surface area contributed by atoms with Crippen LogP contribution < -0.4 is 15.0 Å². The van der Waals surface area contributed by atoms with E-state index >= 15 is 0 Å². The van der Waals surface area contributed by atoms with Crippen molar-refractivity contribution in [2.75, 3.05) is 10.2 Å². The molecule has 38 heavy (non-hydrogen) atoms. The Labute approximate surface area is 235 Å². The number of benzene rings is 3. The number of fused-ring (bicyclic) bond motifs is 1. The number of ether oxygens (including phenoxy) is 1. The predicted molar refractivity (Wildman–Crippen MR) is 153 cm³/mol. The molecular weight excluding hydrogens is 568 g/mol. The fourth-order valence-corrected chi connectivity index (χ4v) is 5.95. The highest BCUT2D eigenvalue weighted by atomic mass is 79.9. The van der Waals surface area contributed by atoms with E-state index in [1.54, 1.807) is 35.2 Å². The Balaban J connectivity index is 1.62. The summed E-state index contributed by atoms with van der Waals surface area (Å²) >= 11 is 10.4. The lowest BCUT2D eigenvalue weighted by atomic mass is 9.73. The quantitative estimate of drug-likeness (QED) is 0.305. The van der Waals surface area contributed by atoms with Crippen molar-refractivity contribution in [2.24, 2.45) is 5.41 Å². The van der Waals surface area contributed by atoms with E-state index in [1.165, 1.54) is 6.92 Å². The van der Waals surface area contributed by atoms with Gasteiger partial charge in [-0.3, -0.25) is 14.5 Å². The van der Waals surface area contributed by atoms with Crippen molar-refractivity contribution in [2.45, 2.75) is 46.3 Å². The van der Waals surface area contributed by atoms with Crippen LogP contribution in [0.3, 0.4) is 0 Å². The zero-order valence-electron chi connectivity index (χ0n) is 21.3. The van der Waals surface area contributed by atoms with Gasteiger partial charge in [0.2, 0.25) is 5.91 Å². The fourth-order valence-electron chi connectivity index (χ4n) is 5.28. The molecule has 1 atom stereocenters. The number of para-hydroxylation sites is 1. The van der Waals surface area contributed by atoms with E-state index in [2.05, 4.69) is 21.2 Å². The summed E-state index contributed by atoms with van der Waals surface area (Å²) in [5, 5.41) is 14.4. The number of rotatable bonds is 4. The summed E-state index contributed by atoms with van der Waals surface area (Å²) in [5.41, 5.74) is 3.37. The topological polar surface area (TPSA) is 78.9 Å². The number of Topliss-reactive ketones (excluding diaryl/α,β-unsaturated/α-hetero) is 1. The number of anilines is 2. The molecule has 2 aliphatic rings. The van der Waals surface area contributed by atoms with Gasteiger partial charge in [-0.15, -0.1) is 0 Å². The van der Waals surface area contributed by atoms with Gasteiger partial charge in [0.1, 0.15) is 23.8 Å². The number of aromatic hydroxyl groups is 1. The number of phenolic OH excluding ortho intramolecular Hbond substituents is 1. The van der Waals surface area contributed by atoms with Crippen LogP contribution in [-0.2, 0) is 16.2 Å². The molecule has 8 heteroatoms. The molecule has 1 aliphatic heterocycles. The summed E-state index contributed by atoms with van der Waals surface area (Å²) in [6.07, 6.45) is 0.914. The Morgan fingerprint density at radius 3 is 2.63 bits per heavy atom. The standard InChI is InChI=1S/C30H28BrClN2O4/c1-17(35)34-24-9-6-10-25(36)28(24)33-23-14-30(2,3)15-26(37)27(23)29(34)20-12-11-19(13-22(20)32)38-16-18-7-4-5-8-21(18)31/h4-13,29,33,36H,14-16H2,1-3H3. The summed E-state index contributed by atoms with van der Waals surface area (Å²) in [4.78, 5) is 28.4. The summed E-state index contributed by atoms with van der Waals surface area (Å²) in [6, 6.07) is 17.4. The molecule has 3 aromatic rings. The van der Waals surface area contributed by atoms with E-state index in [9.17, 15) is 14.7 Å². The molecule has 6 nitrogen and oxygen atoms in total. The first-order valence-corrected chi connectivity index (χ1v) is 13.5. The third-order valence-corrected chi connectivity index (χ3v) is 8.07. The van der Waals surface area contributed by atoms with Crippen LogP contribution in [-0.4, -0.2) is 16.8 Å². The Kier molecular flexibility index (Phi) is 7.01. The zero-order valence-corrected chi connectivity index (χ0v) is 23.7. The Bertz CT molecular complexity index is 1480. The third-order valence-electron chi connectivity index (χ3n) is 6.97. The number of halogens is 2. The minimum atomic E-state index is -0.772. The molecule has 3 aromatic carbocycles. The molecule has 5 rings (SSSR count). The third kappa shape index (κ3) is 4.93. The monoisotopic (exact) mass is 594 g/mol. The number of nitrogens with one attached hydrogen (secondary N) is 1. The Morgan fingerprint density at radius 2 is 1.92 bits per heavy atom. The van der Waals surface area contributed by atoms with Gasteiger partial charge in [0, 0.05) is 39.7 Å². The van der Waals surface area contributed by atoms with Gasteiger partial charge in [-0.05, 0) is 47.7 Å². The lowest BCUT2D eigenvalue weighted by Gasteiger charge is -2.37. The Morgan fingerprint density at radius 1 is 1.16 bits per heavy atom. The summed E-state index contributed by atoms with van der Waals surface area (Å²) in [5.74, 6) is 0.232. The number of hydrogen-bond acceptors (Lipinski definition) is 5. The number of ketones is 1. The van der Waals surface area contributed by atoms with Crippen LogP contribution in [0, 0.1) is 5.41 Å². The van der Waals surface area contributed by atoms with Crippen molar-refractivity contribution >= 4 is 50.6 Å². The fraction of sp³-hybridized carbons (Fsp3) is 0.267. The summed E-state index contributed by atoms with van der Waals surface area (Å²) in [6.45, 7) is 5.87. The van der Waals surface area contributed by atoms with Crippen LogP contribution in [0.5, 0.6) is 11.5 Å². The second-order valence-electron chi connectivity index (χ2n) is 10.5.